The van der Waals surface area contributed by atoms with Crippen molar-refractivity contribution in [1.29, 1.82) is 0 Å². The Morgan fingerprint density at radius 3 is 1.92 bits per heavy atom. The van der Waals surface area contributed by atoms with Gasteiger partial charge < -0.3 is 14.3 Å². The van der Waals surface area contributed by atoms with Crippen LogP contribution in [0.4, 0.5) is 0 Å². The summed E-state index contributed by atoms with van der Waals surface area (Å²) in [5, 5.41) is 12.7. The van der Waals surface area contributed by atoms with Gasteiger partial charge in [0.15, 0.2) is 0 Å². The van der Waals surface area contributed by atoms with Gasteiger partial charge in [0.25, 0.3) is 8.32 Å². The van der Waals surface area contributed by atoms with E-state index in [0.717, 1.165) is 0 Å². The van der Waals surface area contributed by atoms with E-state index in [1.165, 1.54) is 10.4 Å². The number of aliphatic hydroxyl groups is 1. The van der Waals surface area contributed by atoms with Crippen LogP contribution in [0.25, 0.3) is 0 Å². The summed E-state index contributed by atoms with van der Waals surface area (Å²) < 4.78 is 12.7. The molecule has 1 unspecified atom stereocenters. The second kappa shape index (κ2) is 7.69. The van der Waals surface area contributed by atoms with Crippen molar-refractivity contribution in [3.05, 3.63) is 60.7 Å². The van der Waals surface area contributed by atoms with Gasteiger partial charge in [-0.05, 0) is 21.8 Å². The molecule has 0 amide bonds. The maximum Gasteiger partial charge on any atom is 0.261 e. The zero-order valence-corrected chi connectivity index (χ0v) is 17.2. The fourth-order valence-corrected chi connectivity index (χ4v) is 8.63. The highest BCUT2D eigenvalue weighted by Gasteiger charge is 2.51. The second-order valence-electron chi connectivity index (χ2n) is 8.26. The van der Waals surface area contributed by atoms with Gasteiger partial charge in [-0.3, -0.25) is 0 Å². The van der Waals surface area contributed by atoms with Gasteiger partial charge in [-0.1, -0.05) is 81.4 Å². The highest BCUT2D eigenvalue weighted by molar-refractivity contribution is 6.99. The molecule has 1 heterocycles. The van der Waals surface area contributed by atoms with Crippen LogP contribution in [0.2, 0.25) is 5.04 Å². The van der Waals surface area contributed by atoms with Gasteiger partial charge >= 0.3 is 0 Å². The molecule has 0 bridgehead atoms. The largest absolute Gasteiger partial charge is 0.405 e. The molecule has 0 radical (unpaired) electrons. The molecule has 0 spiro atoms. The summed E-state index contributed by atoms with van der Waals surface area (Å²) in [6.07, 6.45) is -0.0377. The van der Waals surface area contributed by atoms with Crippen LogP contribution >= 0.6 is 0 Å². The quantitative estimate of drug-likeness (QED) is 0.817. The number of hydrogen-bond acceptors (Lipinski definition) is 3. The fraction of sp³-hybridized carbons (Fsp3) is 0.429. The molecule has 3 atom stereocenters. The number of rotatable bonds is 5. The van der Waals surface area contributed by atoms with E-state index >= 15 is 0 Å². The second-order valence-corrected chi connectivity index (χ2v) is 12.6. The molecule has 1 N–H and O–H groups in total. The first-order valence-corrected chi connectivity index (χ1v) is 11.3. The minimum absolute atomic E-state index is 0.0646. The lowest BCUT2D eigenvalue weighted by Gasteiger charge is -2.43. The summed E-state index contributed by atoms with van der Waals surface area (Å²) in [4.78, 5) is 0. The molecule has 3 nitrogen and oxygen atoms in total. The van der Waals surface area contributed by atoms with Gasteiger partial charge in [0.05, 0.1) is 12.7 Å². The van der Waals surface area contributed by atoms with Crippen molar-refractivity contribution in [2.75, 3.05) is 6.61 Å². The van der Waals surface area contributed by atoms with E-state index in [9.17, 15) is 5.11 Å². The molecular formula is C21H29BO3Si. The molecule has 2 aromatic carbocycles. The van der Waals surface area contributed by atoms with Crippen molar-refractivity contribution in [2.24, 2.45) is 0 Å². The third-order valence-electron chi connectivity index (χ3n) is 5.29. The highest BCUT2D eigenvalue weighted by atomic mass is 28.4. The smallest absolute Gasteiger partial charge is 0.261 e. The van der Waals surface area contributed by atoms with Crippen LogP contribution in [0.1, 0.15) is 27.2 Å². The Labute approximate surface area is 158 Å². The predicted molar refractivity (Wildman–Crippen MR) is 111 cm³/mol. The van der Waals surface area contributed by atoms with E-state index in [4.69, 9.17) is 9.16 Å². The van der Waals surface area contributed by atoms with Crippen molar-refractivity contribution in [1.82, 2.24) is 0 Å². The maximum atomic E-state index is 10.3. The van der Waals surface area contributed by atoms with Gasteiger partial charge in [0.2, 0.25) is 0 Å². The molecule has 1 fully saturated rings. The van der Waals surface area contributed by atoms with Crippen molar-refractivity contribution in [3.8, 4) is 0 Å². The van der Waals surface area contributed by atoms with Gasteiger partial charge in [-0.25, -0.2) is 0 Å². The summed E-state index contributed by atoms with van der Waals surface area (Å²) in [7, 11) is -0.554. The monoisotopic (exact) mass is 368 g/mol. The average molecular weight is 368 g/mol. The molecular weight excluding hydrogens is 339 g/mol. The predicted octanol–water partition coefficient (Wildman–Crippen LogP) is 1.67. The van der Waals surface area contributed by atoms with Gasteiger partial charge in [0.1, 0.15) is 14.0 Å². The fourth-order valence-electron chi connectivity index (χ4n) is 4.06. The molecule has 2 aromatic rings. The van der Waals surface area contributed by atoms with Crippen molar-refractivity contribution in [2.45, 2.75) is 50.4 Å². The third kappa shape index (κ3) is 3.67. The normalized spacial score (nSPS) is 23.9. The van der Waals surface area contributed by atoms with Crippen LogP contribution in [-0.4, -0.2) is 46.1 Å². The minimum Gasteiger partial charge on any atom is -0.405 e. The average Bonchev–Trinajstić information content (AvgIpc) is 2.94. The Balaban J connectivity index is 2.03. The molecule has 1 saturated heterocycles. The Kier molecular flexibility index (Phi) is 5.73. The third-order valence-corrected chi connectivity index (χ3v) is 10.3. The van der Waals surface area contributed by atoms with E-state index in [1.807, 2.05) is 20.0 Å². The van der Waals surface area contributed by atoms with Crippen LogP contribution in [0.3, 0.4) is 0 Å². The van der Waals surface area contributed by atoms with Gasteiger partial charge in [-0.15, -0.1) is 0 Å². The summed E-state index contributed by atoms with van der Waals surface area (Å²) in [5.41, 5.74) is 0. The first-order valence-electron chi connectivity index (χ1n) is 9.43. The summed E-state index contributed by atoms with van der Waals surface area (Å²) in [5.74, 6) is 0. The van der Waals surface area contributed by atoms with E-state index in [-0.39, 0.29) is 17.1 Å². The molecule has 3 rings (SSSR count). The molecule has 0 aromatic heterocycles. The van der Waals surface area contributed by atoms with Crippen LogP contribution in [0.5, 0.6) is 0 Å². The number of benzene rings is 2. The van der Waals surface area contributed by atoms with E-state index in [2.05, 4.69) is 69.3 Å². The topological polar surface area (TPSA) is 38.7 Å². The SMILES string of the molecule is B[C@H]1CC(O)[C@@H](CO[Si](c2ccccc2)(c2ccccc2)C(C)(C)C)O1. The van der Waals surface area contributed by atoms with Crippen molar-refractivity contribution < 1.29 is 14.3 Å². The van der Waals surface area contributed by atoms with Crippen LogP contribution in [0, 0.1) is 0 Å². The highest BCUT2D eigenvalue weighted by Crippen LogP contribution is 2.37. The zero-order valence-electron chi connectivity index (χ0n) is 16.2. The van der Waals surface area contributed by atoms with E-state index in [1.54, 1.807) is 0 Å². The summed E-state index contributed by atoms with van der Waals surface area (Å²) in [6.45, 7) is 7.19. The Bertz CT molecular complexity index is 663. The zero-order chi connectivity index (χ0) is 18.8. The van der Waals surface area contributed by atoms with Crippen LogP contribution < -0.4 is 10.4 Å². The Morgan fingerprint density at radius 1 is 1.04 bits per heavy atom. The molecule has 1 aliphatic rings. The Hall–Kier alpha value is -1.40. The van der Waals surface area contributed by atoms with Crippen molar-refractivity contribution in [3.63, 3.8) is 0 Å². The van der Waals surface area contributed by atoms with E-state index in [0.29, 0.717) is 13.0 Å². The lowest BCUT2D eigenvalue weighted by molar-refractivity contribution is 0.000173. The summed E-state index contributed by atoms with van der Waals surface area (Å²) in [6, 6.07) is 21.2. The van der Waals surface area contributed by atoms with Crippen LogP contribution in [0.15, 0.2) is 60.7 Å². The minimum atomic E-state index is -2.56. The van der Waals surface area contributed by atoms with Crippen LogP contribution in [-0.2, 0) is 9.16 Å². The van der Waals surface area contributed by atoms with Crippen molar-refractivity contribution >= 4 is 26.5 Å². The number of ether oxygens (including phenoxy) is 1. The molecule has 0 saturated carbocycles. The number of aliphatic hydroxyl groups excluding tert-OH is 1. The molecule has 26 heavy (non-hydrogen) atoms. The molecule has 1 aliphatic heterocycles. The first-order chi connectivity index (χ1) is 12.3. The summed E-state index contributed by atoms with van der Waals surface area (Å²) >= 11 is 0. The standard InChI is InChI=1S/C21H29BO3Si/c1-21(2,3)26(16-10-6-4-7-11-16,17-12-8-5-9-13-17)24-15-19-18(23)14-20(22)25-19/h4-13,18-20,23H,14-15,22H2,1-3H3/t18?,19-,20-/m1/s1. The molecule has 5 heteroatoms. The molecule has 0 aliphatic carbocycles. The maximum absolute atomic E-state index is 10.3. The lowest BCUT2D eigenvalue weighted by Crippen LogP contribution is -2.67. The number of hydrogen-bond donors (Lipinski definition) is 1. The first kappa shape index (κ1) is 19.4. The lowest BCUT2D eigenvalue weighted by atomic mass is 9.96. The van der Waals surface area contributed by atoms with E-state index < -0.39 is 14.4 Å². The van der Waals surface area contributed by atoms with Gasteiger partial charge in [-0.2, -0.15) is 0 Å². The van der Waals surface area contributed by atoms with Gasteiger partial charge in [0, 0.05) is 6.00 Å². The molecule has 138 valence electrons. The Morgan fingerprint density at radius 2 is 1.54 bits per heavy atom.